The summed E-state index contributed by atoms with van der Waals surface area (Å²) in [7, 11) is 0. The predicted octanol–water partition coefficient (Wildman–Crippen LogP) is 2.44. The molecule has 0 aliphatic rings. The van der Waals surface area contributed by atoms with E-state index in [1.54, 1.807) is 0 Å². The van der Waals surface area contributed by atoms with Gasteiger partial charge in [-0.05, 0) is 6.92 Å². The Morgan fingerprint density at radius 1 is 1.18 bits per heavy atom. The summed E-state index contributed by atoms with van der Waals surface area (Å²) in [6.45, 7) is 4.30. The number of hydrogen-bond donors (Lipinski definition) is 0. The quantitative estimate of drug-likeness (QED) is 0.559. The minimum Gasteiger partial charge on any atom is -0.101 e. The summed E-state index contributed by atoms with van der Waals surface area (Å²) in [5.74, 6) is 0. The lowest BCUT2D eigenvalue weighted by Crippen LogP contribution is -1.62. The lowest BCUT2D eigenvalue weighted by atomic mass is 10.2. The van der Waals surface area contributed by atoms with E-state index in [1.165, 1.54) is 33.6 Å². The Morgan fingerprint density at radius 2 is 1.64 bits per heavy atom. The molecule has 0 aliphatic heterocycles. The first-order valence-corrected chi connectivity index (χ1v) is 5.74. The molecule has 0 saturated carbocycles. The van der Waals surface area contributed by atoms with Crippen LogP contribution in [0.4, 0.5) is 0 Å². The van der Waals surface area contributed by atoms with E-state index in [0.29, 0.717) is 0 Å². The van der Waals surface area contributed by atoms with E-state index in [1.807, 2.05) is 18.2 Å². The molecule has 0 spiro atoms. The van der Waals surface area contributed by atoms with Crippen molar-refractivity contribution in [2.24, 2.45) is 0 Å². The number of hydrogen-bond acceptors (Lipinski definition) is 0. The molecule has 0 radical (unpaired) electrons. The first-order chi connectivity index (χ1) is 5.31. The Balaban J connectivity index is 0.000000218. The van der Waals surface area contributed by atoms with Crippen molar-refractivity contribution in [1.29, 1.82) is 0 Å². The topological polar surface area (TPSA) is 0 Å². The van der Waals surface area contributed by atoms with Gasteiger partial charge in [0.15, 0.2) is 0 Å². The van der Waals surface area contributed by atoms with Crippen LogP contribution in [-0.2, 0) is 0 Å². The number of rotatable bonds is 1. The third-order valence-corrected chi connectivity index (χ3v) is 2.44. The molecule has 0 amide bonds. The molecule has 0 atom stereocenters. The zero-order valence-electron chi connectivity index (χ0n) is 7.80. The van der Waals surface area contributed by atoms with E-state index >= 15 is 0 Å². The Kier molecular flexibility index (Phi) is 7.68. The third kappa shape index (κ3) is 7.65. The molecule has 1 rings (SSSR count). The molecule has 1 heteroatoms. The van der Waals surface area contributed by atoms with E-state index in [2.05, 4.69) is 26.0 Å². The van der Waals surface area contributed by atoms with Gasteiger partial charge in [-0.25, -0.2) is 0 Å². The summed E-state index contributed by atoms with van der Waals surface area (Å²) in [5, 5.41) is 1.46. The van der Waals surface area contributed by atoms with Crippen LogP contribution < -0.4 is 0 Å². The van der Waals surface area contributed by atoms with E-state index in [4.69, 9.17) is 0 Å². The molecule has 1 aromatic rings. The van der Waals surface area contributed by atoms with Crippen LogP contribution in [0.1, 0.15) is 18.9 Å². The van der Waals surface area contributed by atoms with Crippen LogP contribution in [0.25, 0.3) is 0 Å². The van der Waals surface area contributed by atoms with Crippen LogP contribution in [0.15, 0.2) is 30.3 Å². The second-order valence-corrected chi connectivity index (χ2v) is 3.65. The van der Waals surface area contributed by atoms with Crippen LogP contribution in [-0.4, -0.2) is 16.3 Å². The van der Waals surface area contributed by atoms with Gasteiger partial charge in [0, 0.05) is 0 Å². The summed E-state index contributed by atoms with van der Waals surface area (Å²) in [6, 6.07) is 10.3. The second kappa shape index (κ2) is 7.86. The summed E-state index contributed by atoms with van der Waals surface area (Å²) in [5.41, 5.74) is 1.32. The lowest BCUT2D eigenvalue weighted by molar-refractivity contribution is 1.08. The fraction of sp³-hybridized carbons (Fsp3) is 0.400. The summed E-state index contributed by atoms with van der Waals surface area (Å²) < 4.78 is 0. The molecule has 0 unspecified atom stereocenters. The number of aryl methyl sites for hydroxylation is 1. The van der Waals surface area contributed by atoms with E-state index in [0.717, 1.165) is 0 Å². The Hall–Kier alpha value is -0.248. The average Bonchev–Trinajstić information content (AvgIpc) is 2.07. The van der Waals surface area contributed by atoms with Gasteiger partial charge in [0.25, 0.3) is 0 Å². The molecule has 0 bridgehead atoms. The Bertz CT molecular complexity index is 156. The second-order valence-electron chi connectivity index (χ2n) is 2.65. The molecule has 0 saturated heterocycles. The first kappa shape index (κ1) is 10.8. The first-order valence-electron chi connectivity index (χ1n) is 4.32. The van der Waals surface area contributed by atoms with Crippen molar-refractivity contribution >= 4 is 16.3 Å². The predicted molar refractivity (Wildman–Crippen MR) is 54.8 cm³/mol. The summed E-state index contributed by atoms with van der Waals surface area (Å²) >= 11 is 1.39. The van der Waals surface area contributed by atoms with Gasteiger partial charge in [0.05, 0.1) is 0 Å². The van der Waals surface area contributed by atoms with Gasteiger partial charge in [-0.1, -0.05) is 49.2 Å². The highest BCUT2D eigenvalue weighted by Gasteiger charge is 1.72. The van der Waals surface area contributed by atoms with Gasteiger partial charge in [0.1, 0.15) is 0 Å². The molecule has 0 heterocycles. The SMILES string of the molecule is CC[CH2][AlH2].Cc1ccccc1. The standard InChI is InChI=1S/C7H8.C3H7.Al.2H/c1-7-5-3-2-4-6-7;1-3-2;;;/h2-6H,1H3;1,3H2,2H3;;;. The molecule has 0 nitrogen and oxygen atoms in total. The van der Waals surface area contributed by atoms with Crippen molar-refractivity contribution in [3.8, 4) is 0 Å². The summed E-state index contributed by atoms with van der Waals surface area (Å²) in [4.78, 5) is 0. The Labute approximate surface area is 78.1 Å². The maximum absolute atomic E-state index is 2.22. The van der Waals surface area contributed by atoms with Crippen molar-refractivity contribution in [1.82, 2.24) is 0 Å². The van der Waals surface area contributed by atoms with Gasteiger partial charge in [-0.15, -0.1) is 5.28 Å². The van der Waals surface area contributed by atoms with Gasteiger partial charge in [0.2, 0.25) is 16.3 Å². The highest BCUT2D eigenvalue weighted by molar-refractivity contribution is 6.08. The smallest absolute Gasteiger partial charge is 0.101 e. The van der Waals surface area contributed by atoms with Crippen LogP contribution in [0.2, 0.25) is 5.28 Å². The minimum absolute atomic E-state index is 1.32. The van der Waals surface area contributed by atoms with Crippen LogP contribution >= 0.6 is 0 Å². The fourth-order valence-corrected chi connectivity index (χ4v) is 0.534. The van der Waals surface area contributed by atoms with E-state index in [-0.39, 0.29) is 0 Å². The van der Waals surface area contributed by atoms with Crippen molar-refractivity contribution in [3.63, 3.8) is 0 Å². The molecule has 1 aromatic carbocycles. The van der Waals surface area contributed by atoms with Crippen molar-refractivity contribution in [2.75, 3.05) is 0 Å². The van der Waals surface area contributed by atoms with Crippen molar-refractivity contribution < 1.29 is 0 Å². The lowest BCUT2D eigenvalue weighted by Gasteiger charge is -1.82. The maximum Gasteiger partial charge on any atom is 0.211 e. The number of benzene rings is 1. The van der Waals surface area contributed by atoms with E-state index in [9.17, 15) is 0 Å². The summed E-state index contributed by atoms with van der Waals surface area (Å²) in [6.07, 6.45) is 1.38. The molecule has 11 heavy (non-hydrogen) atoms. The van der Waals surface area contributed by atoms with Crippen LogP contribution in [0, 0.1) is 6.92 Å². The van der Waals surface area contributed by atoms with Crippen LogP contribution in [0.3, 0.4) is 0 Å². The molecular formula is C10H17Al. The van der Waals surface area contributed by atoms with Gasteiger partial charge in [-0.3, -0.25) is 0 Å². The molecule has 0 aromatic heterocycles. The molecule has 0 fully saturated rings. The normalized spacial score (nSPS) is 8.18. The van der Waals surface area contributed by atoms with Gasteiger partial charge < -0.3 is 0 Å². The van der Waals surface area contributed by atoms with Crippen molar-refractivity contribution in [2.45, 2.75) is 25.6 Å². The monoisotopic (exact) mass is 164 g/mol. The highest BCUT2D eigenvalue weighted by atomic mass is 27.0. The molecule has 60 valence electrons. The molecule has 0 N–H and O–H groups in total. The maximum atomic E-state index is 2.22. The van der Waals surface area contributed by atoms with Crippen molar-refractivity contribution in [3.05, 3.63) is 35.9 Å². The Morgan fingerprint density at radius 3 is 1.82 bits per heavy atom. The zero-order valence-corrected chi connectivity index (χ0v) is 9.80. The van der Waals surface area contributed by atoms with Gasteiger partial charge in [-0.2, -0.15) is 0 Å². The van der Waals surface area contributed by atoms with E-state index < -0.39 is 0 Å². The zero-order chi connectivity index (χ0) is 8.53. The third-order valence-electron chi connectivity index (χ3n) is 1.44. The average molecular weight is 164 g/mol. The largest absolute Gasteiger partial charge is 0.211 e. The highest BCUT2D eigenvalue weighted by Crippen LogP contribution is 1.92. The van der Waals surface area contributed by atoms with Crippen LogP contribution in [0.5, 0.6) is 0 Å². The fourth-order valence-electron chi connectivity index (χ4n) is 0.534. The molecular weight excluding hydrogens is 147 g/mol. The minimum atomic E-state index is 1.32. The molecule has 0 aliphatic carbocycles. The van der Waals surface area contributed by atoms with Gasteiger partial charge >= 0.3 is 0 Å².